The molecule has 1 aromatic carbocycles. The van der Waals surface area contributed by atoms with Gasteiger partial charge in [0.25, 0.3) is 0 Å². The van der Waals surface area contributed by atoms with Gasteiger partial charge in [-0.05, 0) is 18.5 Å². The van der Waals surface area contributed by atoms with Gasteiger partial charge in [-0.1, -0.05) is 30.3 Å². The number of nitrogens with two attached hydrogens (primary N) is 1. The second-order valence-electron chi connectivity index (χ2n) is 4.49. The first kappa shape index (κ1) is 11.9. The van der Waals surface area contributed by atoms with Crippen LogP contribution in [-0.4, -0.2) is 42.0 Å². The molecule has 4 nitrogen and oxygen atoms in total. The molecular formula is C13H19N3O. The van der Waals surface area contributed by atoms with Gasteiger partial charge in [-0.15, -0.1) is 0 Å². The van der Waals surface area contributed by atoms with Crippen LogP contribution in [0.1, 0.15) is 12.0 Å². The highest BCUT2D eigenvalue weighted by Gasteiger charge is 2.33. The monoisotopic (exact) mass is 233 g/mol. The first-order valence-corrected chi connectivity index (χ1v) is 5.98. The lowest BCUT2D eigenvalue weighted by Gasteiger charge is -2.16. The Balaban J connectivity index is 2.01. The summed E-state index contributed by atoms with van der Waals surface area (Å²) in [6.07, 6.45) is 0.869. The Hall–Kier alpha value is -1.55. The summed E-state index contributed by atoms with van der Waals surface area (Å²) in [7, 11) is 1.85. The molecule has 92 valence electrons. The van der Waals surface area contributed by atoms with Gasteiger partial charge in [-0.3, -0.25) is 0 Å². The molecule has 1 aromatic rings. The van der Waals surface area contributed by atoms with E-state index in [0.717, 1.165) is 13.0 Å². The third-order valence-corrected chi connectivity index (χ3v) is 3.27. The normalized spacial score (nSPS) is 20.1. The largest absolute Gasteiger partial charge is 0.330 e. The van der Waals surface area contributed by atoms with E-state index in [1.165, 1.54) is 5.56 Å². The molecule has 1 atom stereocenters. The summed E-state index contributed by atoms with van der Waals surface area (Å²) in [6, 6.07) is 10.4. The third-order valence-electron chi connectivity index (χ3n) is 3.27. The number of benzene rings is 1. The van der Waals surface area contributed by atoms with Gasteiger partial charge in [0.1, 0.15) is 0 Å². The molecule has 0 saturated carbocycles. The van der Waals surface area contributed by atoms with Gasteiger partial charge in [-0.2, -0.15) is 0 Å². The Labute approximate surface area is 102 Å². The fourth-order valence-corrected chi connectivity index (χ4v) is 2.25. The van der Waals surface area contributed by atoms with Crippen molar-refractivity contribution in [2.24, 2.45) is 5.73 Å². The fourth-order valence-electron chi connectivity index (χ4n) is 2.25. The van der Waals surface area contributed by atoms with Gasteiger partial charge >= 0.3 is 6.03 Å². The van der Waals surface area contributed by atoms with Crippen LogP contribution in [-0.2, 0) is 6.54 Å². The average molecular weight is 233 g/mol. The summed E-state index contributed by atoms with van der Waals surface area (Å²) in [4.78, 5) is 15.7. The van der Waals surface area contributed by atoms with Gasteiger partial charge in [0.05, 0.1) is 6.04 Å². The molecular weight excluding hydrogens is 214 g/mol. The maximum atomic E-state index is 12.0. The number of hydrogen-bond acceptors (Lipinski definition) is 2. The van der Waals surface area contributed by atoms with Crippen molar-refractivity contribution >= 4 is 6.03 Å². The minimum absolute atomic E-state index is 0.104. The number of carbonyl (C=O) groups is 1. The van der Waals surface area contributed by atoms with Crippen LogP contribution in [0.5, 0.6) is 0 Å². The summed E-state index contributed by atoms with van der Waals surface area (Å²) >= 11 is 0. The third kappa shape index (κ3) is 2.58. The second-order valence-corrected chi connectivity index (χ2v) is 4.49. The standard InChI is InChI=1S/C13H19N3O/c1-15-12(7-8-14)10-16(13(15)17)9-11-5-3-2-4-6-11/h2-6,12H,7-10,14H2,1H3. The Kier molecular flexibility index (Phi) is 3.64. The van der Waals surface area contributed by atoms with Crippen molar-refractivity contribution < 1.29 is 4.79 Å². The molecule has 1 heterocycles. The minimum Gasteiger partial charge on any atom is -0.330 e. The summed E-state index contributed by atoms with van der Waals surface area (Å²) < 4.78 is 0. The van der Waals surface area contributed by atoms with Crippen molar-refractivity contribution in [3.63, 3.8) is 0 Å². The molecule has 2 rings (SSSR count). The topological polar surface area (TPSA) is 49.6 Å². The van der Waals surface area contributed by atoms with Gasteiger partial charge in [0.15, 0.2) is 0 Å². The summed E-state index contributed by atoms with van der Waals surface area (Å²) in [6.45, 7) is 2.09. The average Bonchev–Trinajstić information content (AvgIpc) is 2.60. The Bertz CT molecular complexity index is 380. The number of hydrogen-bond donors (Lipinski definition) is 1. The zero-order chi connectivity index (χ0) is 12.3. The lowest BCUT2D eigenvalue weighted by Crippen LogP contribution is -2.32. The highest BCUT2D eigenvalue weighted by Crippen LogP contribution is 2.18. The van der Waals surface area contributed by atoms with Crippen molar-refractivity contribution in [2.75, 3.05) is 20.1 Å². The molecule has 1 aliphatic rings. The Morgan fingerprint density at radius 1 is 1.35 bits per heavy atom. The molecule has 4 heteroatoms. The van der Waals surface area contributed by atoms with E-state index in [4.69, 9.17) is 5.73 Å². The number of rotatable bonds is 4. The molecule has 1 aliphatic heterocycles. The van der Waals surface area contributed by atoms with Crippen LogP contribution in [0.4, 0.5) is 4.79 Å². The molecule has 17 heavy (non-hydrogen) atoms. The van der Waals surface area contributed by atoms with Crippen molar-refractivity contribution in [1.29, 1.82) is 0 Å². The van der Waals surface area contributed by atoms with Gasteiger partial charge < -0.3 is 15.5 Å². The van der Waals surface area contributed by atoms with E-state index in [2.05, 4.69) is 0 Å². The Morgan fingerprint density at radius 3 is 2.71 bits per heavy atom. The first-order chi connectivity index (χ1) is 8.22. The molecule has 1 fully saturated rings. The first-order valence-electron chi connectivity index (χ1n) is 5.98. The van der Waals surface area contributed by atoms with Crippen LogP contribution in [0.25, 0.3) is 0 Å². The van der Waals surface area contributed by atoms with E-state index < -0.39 is 0 Å². The van der Waals surface area contributed by atoms with Crippen molar-refractivity contribution in [1.82, 2.24) is 9.80 Å². The van der Waals surface area contributed by atoms with Crippen LogP contribution in [0.15, 0.2) is 30.3 Å². The van der Waals surface area contributed by atoms with Gasteiger partial charge in [-0.25, -0.2) is 4.79 Å². The van der Waals surface area contributed by atoms with Crippen molar-refractivity contribution in [3.8, 4) is 0 Å². The quantitative estimate of drug-likeness (QED) is 0.851. The lowest BCUT2D eigenvalue weighted by atomic mass is 10.2. The van der Waals surface area contributed by atoms with Crippen LogP contribution in [0.2, 0.25) is 0 Å². The highest BCUT2D eigenvalue weighted by molar-refractivity contribution is 5.76. The zero-order valence-corrected chi connectivity index (χ0v) is 10.2. The van der Waals surface area contributed by atoms with Crippen molar-refractivity contribution in [2.45, 2.75) is 19.0 Å². The maximum absolute atomic E-state index is 12.0. The maximum Gasteiger partial charge on any atom is 0.320 e. The van der Waals surface area contributed by atoms with Crippen LogP contribution < -0.4 is 5.73 Å². The van der Waals surface area contributed by atoms with Gasteiger partial charge in [0.2, 0.25) is 0 Å². The van der Waals surface area contributed by atoms with E-state index in [1.807, 2.05) is 42.3 Å². The van der Waals surface area contributed by atoms with E-state index >= 15 is 0 Å². The molecule has 0 aliphatic carbocycles. The predicted molar refractivity (Wildman–Crippen MR) is 67.5 cm³/mol. The van der Waals surface area contributed by atoms with Crippen LogP contribution >= 0.6 is 0 Å². The Morgan fingerprint density at radius 2 is 2.06 bits per heavy atom. The molecule has 0 radical (unpaired) electrons. The molecule has 0 aromatic heterocycles. The molecule has 2 amide bonds. The van der Waals surface area contributed by atoms with E-state index in [-0.39, 0.29) is 12.1 Å². The lowest BCUT2D eigenvalue weighted by molar-refractivity contribution is 0.193. The number of nitrogens with zero attached hydrogens (tertiary/aromatic N) is 2. The zero-order valence-electron chi connectivity index (χ0n) is 10.2. The number of amides is 2. The summed E-state index contributed by atoms with van der Waals surface area (Å²) in [5.74, 6) is 0. The van der Waals surface area contributed by atoms with Crippen LogP contribution in [0, 0.1) is 0 Å². The summed E-state index contributed by atoms with van der Waals surface area (Å²) in [5, 5.41) is 0. The predicted octanol–water partition coefficient (Wildman–Crippen LogP) is 1.27. The van der Waals surface area contributed by atoms with E-state index in [0.29, 0.717) is 13.1 Å². The molecule has 1 saturated heterocycles. The summed E-state index contributed by atoms with van der Waals surface area (Å²) in [5.41, 5.74) is 6.73. The molecule has 0 spiro atoms. The van der Waals surface area contributed by atoms with Gasteiger partial charge in [0, 0.05) is 20.1 Å². The smallest absolute Gasteiger partial charge is 0.320 e. The number of carbonyl (C=O) groups excluding carboxylic acids is 1. The van der Waals surface area contributed by atoms with E-state index in [1.54, 1.807) is 4.90 Å². The highest BCUT2D eigenvalue weighted by atomic mass is 16.2. The fraction of sp³-hybridized carbons (Fsp3) is 0.462. The molecule has 2 N–H and O–H groups in total. The molecule has 1 unspecified atom stereocenters. The minimum atomic E-state index is 0.104. The second kappa shape index (κ2) is 5.19. The number of urea groups is 1. The molecule has 0 bridgehead atoms. The number of likely N-dealkylation sites (N-methyl/N-ethyl adjacent to an activating group) is 1. The SMILES string of the molecule is CN1C(=O)N(Cc2ccccc2)CC1CCN. The van der Waals surface area contributed by atoms with Crippen molar-refractivity contribution in [3.05, 3.63) is 35.9 Å². The van der Waals surface area contributed by atoms with Crippen LogP contribution in [0.3, 0.4) is 0 Å². The van der Waals surface area contributed by atoms with E-state index in [9.17, 15) is 4.79 Å².